The Labute approximate surface area is 89.5 Å². The SMILES string of the molecule is COc1cc(C)cc(F)c1C(O)C(F)(F)F. The highest BCUT2D eigenvalue weighted by atomic mass is 19.4. The van der Waals surface area contributed by atoms with Crippen LogP contribution in [0.4, 0.5) is 17.6 Å². The van der Waals surface area contributed by atoms with Crippen molar-refractivity contribution in [3.8, 4) is 5.75 Å². The van der Waals surface area contributed by atoms with Crippen molar-refractivity contribution in [1.82, 2.24) is 0 Å². The molecule has 0 aliphatic heterocycles. The van der Waals surface area contributed by atoms with Gasteiger partial charge in [-0.15, -0.1) is 0 Å². The van der Waals surface area contributed by atoms with Crippen molar-refractivity contribution >= 4 is 0 Å². The lowest BCUT2D eigenvalue weighted by Gasteiger charge is -2.18. The Bertz CT molecular complexity index is 387. The number of methoxy groups -OCH3 is 1. The predicted octanol–water partition coefficient (Wildman–Crippen LogP) is 2.74. The second-order valence-electron chi connectivity index (χ2n) is 3.31. The molecule has 0 spiro atoms. The number of halogens is 4. The van der Waals surface area contributed by atoms with Crippen LogP contribution in [-0.4, -0.2) is 18.4 Å². The molecule has 0 aliphatic carbocycles. The molecule has 0 radical (unpaired) electrons. The van der Waals surface area contributed by atoms with Gasteiger partial charge in [-0.3, -0.25) is 0 Å². The van der Waals surface area contributed by atoms with Gasteiger partial charge in [-0.2, -0.15) is 13.2 Å². The first kappa shape index (κ1) is 12.8. The summed E-state index contributed by atoms with van der Waals surface area (Å²) >= 11 is 0. The first-order valence-electron chi connectivity index (χ1n) is 4.36. The fourth-order valence-electron chi connectivity index (χ4n) is 1.32. The molecule has 0 bridgehead atoms. The van der Waals surface area contributed by atoms with E-state index in [-0.39, 0.29) is 5.75 Å². The van der Waals surface area contributed by atoms with E-state index in [0.29, 0.717) is 5.56 Å². The summed E-state index contributed by atoms with van der Waals surface area (Å²) in [5.74, 6) is -1.45. The van der Waals surface area contributed by atoms with Crippen LogP contribution in [0.5, 0.6) is 5.75 Å². The summed E-state index contributed by atoms with van der Waals surface area (Å²) in [6.45, 7) is 1.51. The minimum atomic E-state index is -4.93. The molecule has 0 amide bonds. The molecule has 0 aliphatic rings. The predicted molar refractivity (Wildman–Crippen MR) is 48.7 cm³/mol. The number of benzene rings is 1. The Morgan fingerprint density at radius 1 is 1.31 bits per heavy atom. The summed E-state index contributed by atoms with van der Waals surface area (Å²) in [6.07, 6.45) is -7.81. The molecule has 0 fully saturated rings. The van der Waals surface area contributed by atoms with E-state index in [0.717, 1.165) is 13.2 Å². The van der Waals surface area contributed by atoms with Gasteiger partial charge in [0.1, 0.15) is 11.6 Å². The lowest BCUT2D eigenvalue weighted by atomic mass is 10.0. The molecular formula is C10H10F4O2. The Kier molecular flexibility index (Phi) is 3.42. The highest BCUT2D eigenvalue weighted by Crippen LogP contribution is 2.38. The van der Waals surface area contributed by atoms with E-state index in [4.69, 9.17) is 5.11 Å². The minimum Gasteiger partial charge on any atom is -0.496 e. The highest BCUT2D eigenvalue weighted by molar-refractivity contribution is 5.40. The normalized spacial score (nSPS) is 13.7. The number of rotatable bonds is 2. The Balaban J connectivity index is 3.32. The smallest absolute Gasteiger partial charge is 0.418 e. The largest absolute Gasteiger partial charge is 0.496 e. The summed E-state index contributed by atoms with van der Waals surface area (Å²) in [5, 5.41) is 9.00. The van der Waals surface area contributed by atoms with E-state index in [9.17, 15) is 17.6 Å². The van der Waals surface area contributed by atoms with Gasteiger partial charge >= 0.3 is 6.18 Å². The molecule has 1 atom stereocenters. The van der Waals surface area contributed by atoms with Gasteiger partial charge in [-0.25, -0.2) is 4.39 Å². The van der Waals surface area contributed by atoms with Gasteiger partial charge in [-0.1, -0.05) is 0 Å². The molecule has 2 nitrogen and oxygen atoms in total. The Morgan fingerprint density at radius 3 is 2.31 bits per heavy atom. The number of aryl methyl sites for hydroxylation is 1. The lowest BCUT2D eigenvalue weighted by molar-refractivity contribution is -0.207. The lowest BCUT2D eigenvalue weighted by Crippen LogP contribution is -2.22. The monoisotopic (exact) mass is 238 g/mol. The van der Waals surface area contributed by atoms with Crippen molar-refractivity contribution in [2.45, 2.75) is 19.2 Å². The van der Waals surface area contributed by atoms with Gasteiger partial charge in [0.15, 0.2) is 6.10 Å². The van der Waals surface area contributed by atoms with Crippen molar-refractivity contribution in [2.75, 3.05) is 7.11 Å². The molecule has 0 heterocycles. The topological polar surface area (TPSA) is 29.5 Å². The molecule has 0 aromatic heterocycles. The molecule has 1 unspecified atom stereocenters. The van der Waals surface area contributed by atoms with Gasteiger partial charge in [0, 0.05) is 0 Å². The molecule has 1 N–H and O–H groups in total. The number of hydrogen-bond donors (Lipinski definition) is 1. The van der Waals surface area contributed by atoms with Gasteiger partial charge in [0.2, 0.25) is 0 Å². The second kappa shape index (κ2) is 4.29. The number of aliphatic hydroxyl groups is 1. The van der Waals surface area contributed by atoms with Gasteiger partial charge in [-0.05, 0) is 24.6 Å². The molecule has 16 heavy (non-hydrogen) atoms. The zero-order chi connectivity index (χ0) is 12.5. The molecule has 1 aromatic rings. The highest BCUT2D eigenvalue weighted by Gasteiger charge is 2.42. The van der Waals surface area contributed by atoms with Gasteiger partial charge in [0.05, 0.1) is 12.7 Å². The molecular weight excluding hydrogens is 228 g/mol. The molecule has 6 heteroatoms. The van der Waals surface area contributed by atoms with Crippen LogP contribution >= 0.6 is 0 Å². The number of hydrogen-bond acceptors (Lipinski definition) is 2. The summed E-state index contributed by atoms with van der Waals surface area (Å²) < 4.78 is 54.7. The maximum absolute atomic E-state index is 13.3. The van der Waals surface area contributed by atoms with Crippen LogP contribution in [-0.2, 0) is 0 Å². The van der Waals surface area contributed by atoms with E-state index in [1.54, 1.807) is 0 Å². The van der Waals surface area contributed by atoms with E-state index in [1.807, 2.05) is 0 Å². The van der Waals surface area contributed by atoms with Crippen molar-refractivity contribution in [2.24, 2.45) is 0 Å². The van der Waals surface area contributed by atoms with Crippen molar-refractivity contribution in [3.63, 3.8) is 0 Å². The molecule has 1 aromatic carbocycles. The van der Waals surface area contributed by atoms with Gasteiger partial charge in [0.25, 0.3) is 0 Å². The van der Waals surface area contributed by atoms with E-state index in [2.05, 4.69) is 4.74 Å². The third kappa shape index (κ3) is 2.44. The van der Waals surface area contributed by atoms with Crippen LogP contribution in [0, 0.1) is 12.7 Å². The van der Waals surface area contributed by atoms with E-state index in [1.165, 1.54) is 13.0 Å². The zero-order valence-electron chi connectivity index (χ0n) is 8.60. The molecule has 90 valence electrons. The third-order valence-electron chi connectivity index (χ3n) is 2.04. The standard InChI is InChI=1S/C10H10F4O2/c1-5-3-6(11)8(7(4-5)16-2)9(15)10(12,13)14/h3-4,9,15H,1-2H3. The van der Waals surface area contributed by atoms with Crippen LogP contribution in [0.2, 0.25) is 0 Å². The van der Waals surface area contributed by atoms with Crippen LogP contribution in [0.1, 0.15) is 17.2 Å². The van der Waals surface area contributed by atoms with E-state index >= 15 is 0 Å². The summed E-state index contributed by atoms with van der Waals surface area (Å²) in [6, 6.07) is 2.14. The summed E-state index contributed by atoms with van der Waals surface area (Å²) in [5.41, 5.74) is -0.479. The van der Waals surface area contributed by atoms with Crippen LogP contribution in [0.3, 0.4) is 0 Å². The molecule has 1 rings (SSSR count). The quantitative estimate of drug-likeness (QED) is 0.803. The number of alkyl halides is 3. The second-order valence-corrected chi connectivity index (χ2v) is 3.31. The van der Waals surface area contributed by atoms with Crippen LogP contribution < -0.4 is 4.74 Å². The fraction of sp³-hybridized carbons (Fsp3) is 0.400. The van der Waals surface area contributed by atoms with E-state index < -0.39 is 23.7 Å². The summed E-state index contributed by atoms with van der Waals surface area (Å²) in [7, 11) is 1.11. The zero-order valence-corrected chi connectivity index (χ0v) is 8.60. The average Bonchev–Trinajstić information content (AvgIpc) is 2.14. The Hall–Kier alpha value is -1.30. The molecule has 0 saturated heterocycles. The van der Waals surface area contributed by atoms with Crippen LogP contribution in [0.25, 0.3) is 0 Å². The maximum atomic E-state index is 13.3. The van der Waals surface area contributed by atoms with Crippen LogP contribution in [0.15, 0.2) is 12.1 Å². The number of aliphatic hydroxyl groups excluding tert-OH is 1. The van der Waals surface area contributed by atoms with Crippen molar-refractivity contribution in [1.29, 1.82) is 0 Å². The van der Waals surface area contributed by atoms with Crippen molar-refractivity contribution < 1.29 is 27.4 Å². The minimum absolute atomic E-state index is 0.317. The summed E-state index contributed by atoms with van der Waals surface area (Å²) in [4.78, 5) is 0. The fourth-order valence-corrected chi connectivity index (χ4v) is 1.32. The van der Waals surface area contributed by atoms with Crippen molar-refractivity contribution in [3.05, 3.63) is 29.1 Å². The first-order valence-corrected chi connectivity index (χ1v) is 4.36. The van der Waals surface area contributed by atoms with Gasteiger partial charge < -0.3 is 9.84 Å². The first-order chi connectivity index (χ1) is 7.27. The molecule has 0 saturated carbocycles. The third-order valence-corrected chi connectivity index (χ3v) is 2.04. The number of ether oxygens (including phenoxy) is 1. The maximum Gasteiger partial charge on any atom is 0.418 e. The Morgan fingerprint density at radius 2 is 1.88 bits per heavy atom. The average molecular weight is 238 g/mol.